The Balaban J connectivity index is 2.02. The molecule has 5 heteroatoms. The average Bonchev–Trinajstić information content (AvgIpc) is 2.77. The fraction of sp³-hybridized carbons (Fsp3) is 0.250. The Kier molecular flexibility index (Phi) is 3.18. The van der Waals surface area contributed by atoms with Crippen molar-refractivity contribution >= 4 is 5.97 Å². The zero-order valence-electron chi connectivity index (χ0n) is 9.38. The smallest absolute Gasteiger partial charge is 0.393 e. The lowest BCUT2D eigenvalue weighted by molar-refractivity contribution is 0.0651. The van der Waals surface area contributed by atoms with E-state index in [0.717, 1.165) is 6.42 Å². The molecule has 0 amide bonds. The molecule has 0 radical (unpaired) electrons. The Bertz CT molecular complexity index is 534. The summed E-state index contributed by atoms with van der Waals surface area (Å²) in [5, 5.41) is 15.8. The molecule has 5 nitrogen and oxygen atoms in total. The minimum Gasteiger partial charge on any atom is -0.474 e. The number of aromatic carboxylic acids is 1. The molecule has 88 valence electrons. The predicted octanol–water partition coefficient (Wildman–Crippen LogP) is 1.86. The van der Waals surface area contributed by atoms with Crippen LogP contribution in [-0.4, -0.2) is 21.3 Å². The van der Waals surface area contributed by atoms with Crippen LogP contribution >= 0.6 is 0 Å². The van der Waals surface area contributed by atoms with Crippen LogP contribution in [0.15, 0.2) is 28.7 Å². The Labute approximate surface area is 98.1 Å². The number of hydrogen-bond donors (Lipinski definition) is 1. The van der Waals surface area contributed by atoms with Gasteiger partial charge in [0.05, 0.1) is 0 Å². The summed E-state index contributed by atoms with van der Waals surface area (Å²) in [7, 11) is 0. The SMILES string of the molecule is Cc1ccccc1CCc1nnc(C(=O)O)o1. The summed E-state index contributed by atoms with van der Waals surface area (Å²) in [6.45, 7) is 2.03. The summed E-state index contributed by atoms with van der Waals surface area (Å²) in [6, 6.07) is 8.02. The molecule has 1 N–H and O–H groups in total. The number of nitrogens with zero attached hydrogens (tertiary/aromatic N) is 2. The first-order valence-corrected chi connectivity index (χ1v) is 5.27. The van der Waals surface area contributed by atoms with Crippen molar-refractivity contribution < 1.29 is 14.3 Å². The molecule has 1 aromatic heterocycles. The summed E-state index contributed by atoms with van der Waals surface area (Å²) in [5.41, 5.74) is 2.40. The molecule has 0 unspecified atom stereocenters. The first-order chi connectivity index (χ1) is 8.16. The highest BCUT2D eigenvalue weighted by atomic mass is 16.4. The van der Waals surface area contributed by atoms with Crippen LogP contribution in [0.25, 0.3) is 0 Å². The van der Waals surface area contributed by atoms with Gasteiger partial charge in [-0.2, -0.15) is 0 Å². The van der Waals surface area contributed by atoms with E-state index in [1.54, 1.807) is 0 Å². The number of hydrogen-bond acceptors (Lipinski definition) is 4. The number of rotatable bonds is 4. The summed E-state index contributed by atoms with van der Waals surface area (Å²) in [6.07, 6.45) is 1.30. The maximum Gasteiger partial charge on any atom is 0.393 e. The Morgan fingerprint density at radius 2 is 2.06 bits per heavy atom. The lowest BCUT2D eigenvalue weighted by Crippen LogP contribution is -1.95. The Morgan fingerprint density at radius 3 is 2.71 bits per heavy atom. The minimum absolute atomic E-state index is 0.352. The fourth-order valence-electron chi connectivity index (χ4n) is 1.57. The van der Waals surface area contributed by atoms with Crippen molar-refractivity contribution in [1.29, 1.82) is 0 Å². The molecule has 2 aromatic rings. The molecule has 0 saturated carbocycles. The van der Waals surface area contributed by atoms with E-state index in [-0.39, 0.29) is 5.89 Å². The predicted molar refractivity (Wildman–Crippen MR) is 59.8 cm³/mol. The van der Waals surface area contributed by atoms with Gasteiger partial charge in [-0.25, -0.2) is 4.79 Å². The van der Waals surface area contributed by atoms with E-state index in [4.69, 9.17) is 9.52 Å². The van der Waals surface area contributed by atoms with Gasteiger partial charge in [0.15, 0.2) is 0 Å². The van der Waals surface area contributed by atoms with Crippen LogP contribution in [0.2, 0.25) is 0 Å². The third kappa shape index (κ3) is 2.69. The summed E-state index contributed by atoms with van der Waals surface area (Å²) < 4.78 is 4.98. The van der Waals surface area contributed by atoms with E-state index in [1.165, 1.54) is 11.1 Å². The highest BCUT2D eigenvalue weighted by Crippen LogP contribution is 2.11. The number of carboxylic acid groups (broad SMARTS) is 1. The first-order valence-electron chi connectivity index (χ1n) is 5.27. The van der Waals surface area contributed by atoms with Gasteiger partial charge in [-0.15, -0.1) is 10.2 Å². The van der Waals surface area contributed by atoms with Gasteiger partial charge in [0.25, 0.3) is 0 Å². The van der Waals surface area contributed by atoms with Gasteiger partial charge in [0, 0.05) is 6.42 Å². The van der Waals surface area contributed by atoms with Gasteiger partial charge in [0.1, 0.15) is 0 Å². The molecular weight excluding hydrogens is 220 g/mol. The molecular formula is C12H12N2O3. The van der Waals surface area contributed by atoms with Crippen LogP contribution in [0.5, 0.6) is 0 Å². The number of aromatic nitrogens is 2. The summed E-state index contributed by atoms with van der Waals surface area (Å²) in [4.78, 5) is 10.5. The van der Waals surface area contributed by atoms with Gasteiger partial charge in [-0.3, -0.25) is 0 Å². The lowest BCUT2D eigenvalue weighted by Gasteiger charge is -2.02. The Morgan fingerprint density at radius 1 is 1.29 bits per heavy atom. The van der Waals surface area contributed by atoms with Crippen molar-refractivity contribution in [3.8, 4) is 0 Å². The molecule has 0 aliphatic heterocycles. The Hall–Kier alpha value is -2.17. The molecule has 0 bridgehead atoms. The second-order valence-electron chi connectivity index (χ2n) is 3.73. The van der Waals surface area contributed by atoms with Crippen LogP contribution in [-0.2, 0) is 12.8 Å². The first kappa shape index (κ1) is 11.3. The van der Waals surface area contributed by atoms with Crippen molar-refractivity contribution in [3.05, 3.63) is 47.2 Å². The number of carboxylic acids is 1. The normalized spacial score (nSPS) is 10.4. The standard InChI is InChI=1S/C12H12N2O3/c1-8-4-2-3-5-9(8)6-7-10-13-14-11(17-10)12(15)16/h2-5H,6-7H2,1H3,(H,15,16). The van der Waals surface area contributed by atoms with Crippen molar-refractivity contribution in [2.24, 2.45) is 0 Å². The third-order valence-corrected chi connectivity index (χ3v) is 2.52. The molecule has 1 aromatic carbocycles. The monoisotopic (exact) mass is 232 g/mol. The van der Waals surface area contributed by atoms with E-state index in [2.05, 4.69) is 10.2 Å². The molecule has 0 fully saturated rings. The fourth-order valence-corrected chi connectivity index (χ4v) is 1.57. The molecule has 0 aliphatic rings. The van der Waals surface area contributed by atoms with Crippen LogP contribution in [0.1, 0.15) is 27.7 Å². The van der Waals surface area contributed by atoms with Gasteiger partial charge in [0.2, 0.25) is 5.89 Å². The molecule has 2 rings (SSSR count). The maximum atomic E-state index is 10.5. The van der Waals surface area contributed by atoms with Crippen LogP contribution in [0.3, 0.4) is 0 Å². The molecule has 0 spiro atoms. The number of benzene rings is 1. The highest BCUT2D eigenvalue weighted by molar-refractivity contribution is 5.81. The van der Waals surface area contributed by atoms with Crippen molar-refractivity contribution in [2.75, 3.05) is 0 Å². The largest absolute Gasteiger partial charge is 0.474 e. The average molecular weight is 232 g/mol. The number of carbonyl (C=O) groups is 1. The second kappa shape index (κ2) is 4.78. The zero-order chi connectivity index (χ0) is 12.3. The van der Waals surface area contributed by atoms with Crippen LogP contribution in [0.4, 0.5) is 0 Å². The van der Waals surface area contributed by atoms with E-state index in [9.17, 15) is 4.79 Å². The molecule has 0 saturated heterocycles. The summed E-state index contributed by atoms with van der Waals surface area (Å²) in [5.74, 6) is -1.20. The van der Waals surface area contributed by atoms with Crippen LogP contribution in [0, 0.1) is 6.92 Å². The van der Waals surface area contributed by atoms with E-state index in [0.29, 0.717) is 12.3 Å². The van der Waals surface area contributed by atoms with Gasteiger partial charge >= 0.3 is 11.9 Å². The van der Waals surface area contributed by atoms with Crippen molar-refractivity contribution in [1.82, 2.24) is 10.2 Å². The van der Waals surface area contributed by atoms with Crippen LogP contribution < -0.4 is 0 Å². The minimum atomic E-state index is -1.19. The topological polar surface area (TPSA) is 76.2 Å². The number of aryl methyl sites for hydroxylation is 3. The van der Waals surface area contributed by atoms with E-state index < -0.39 is 5.97 Å². The van der Waals surface area contributed by atoms with Crippen molar-refractivity contribution in [3.63, 3.8) is 0 Å². The van der Waals surface area contributed by atoms with Gasteiger partial charge in [-0.05, 0) is 24.5 Å². The quantitative estimate of drug-likeness (QED) is 0.870. The molecule has 0 atom stereocenters. The van der Waals surface area contributed by atoms with E-state index in [1.807, 2.05) is 31.2 Å². The molecule has 0 aliphatic carbocycles. The zero-order valence-corrected chi connectivity index (χ0v) is 9.38. The molecule has 1 heterocycles. The maximum absolute atomic E-state index is 10.5. The second-order valence-corrected chi connectivity index (χ2v) is 3.73. The van der Waals surface area contributed by atoms with Gasteiger partial charge in [-0.1, -0.05) is 24.3 Å². The van der Waals surface area contributed by atoms with E-state index >= 15 is 0 Å². The highest BCUT2D eigenvalue weighted by Gasteiger charge is 2.12. The molecule has 17 heavy (non-hydrogen) atoms. The van der Waals surface area contributed by atoms with Gasteiger partial charge < -0.3 is 9.52 Å². The lowest BCUT2D eigenvalue weighted by atomic mass is 10.0. The summed E-state index contributed by atoms with van der Waals surface area (Å²) >= 11 is 0. The third-order valence-electron chi connectivity index (χ3n) is 2.52. The van der Waals surface area contributed by atoms with Crippen molar-refractivity contribution in [2.45, 2.75) is 19.8 Å².